The number of ether oxygens (including phenoxy) is 1. The Hall–Kier alpha value is -0.433. The SMILES string of the molecule is CCO[Si](CCCCCCCCCCC(=O)OC)(OCC)OCC. The first kappa shape index (κ1) is 23.6. The molecular formula is C18H38O5Si. The van der Waals surface area contributed by atoms with Gasteiger partial charge in [0.15, 0.2) is 0 Å². The molecule has 0 saturated heterocycles. The van der Waals surface area contributed by atoms with E-state index >= 15 is 0 Å². The lowest BCUT2D eigenvalue weighted by atomic mass is 10.1. The maximum Gasteiger partial charge on any atom is 0.500 e. The Balaban J connectivity index is 3.69. The highest BCUT2D eigenvalue weighted by Gasteiger charge is 2.39. The van der Waals surface area contributed by atoms with E-state index in [-0.39, 0.29) is 5.97 Å². The monoisotopic (exact) mass is 362 g/mol. The molecule has 0 aromatic heterocycles. The maximum atomic E-state index is 11.0. The molecule has 0 spiro atoms. The highest BCUT2D eigenvalue weighted by Crippen LogP contribution is 2.20. The van der Waals surface area contributed by atoms with Crippen molar-refractivity contribution in [2.45, 2.75) is 84.6 Å². The summed E-state index contributed by atoms with van der Waals surface area (Å²) in [5.74, 6) is -0.0967. The second kappa shape index (κ2) is 16.1. The van der Waals surface area contributed by atoms with Gasteiger partial charge in [-0.25, -0.2) is 0 Å². The molecule has 24 heavy (non-hydrogen) atoms. The fourth-order valence-corrected chi connectivity index (χ4v) is 5.46. The number of hydrogen-bond donors (Lipinski definition) is 0. The van der Waals surface area contributed by atoms with Crippen LogP contribution in [0.1, 0.15) is 78.6 Å². The van der Waals surface area contributed by atoms with Gasteiger partial charge >= 0.3 is 14.8 Å². The van der Waals surface area contributed by atoms with Gasteiger partial charge < -0.3 is 18.0 Å². The van der Waals surface area contributed by atoms with Crippen LogP contribution in [-0.4, -0.2) is 41.7 Å². The molecule has 0 heterocycles. The van der Waals surface area contributed by atoms with Crippen LogP contribution in [0.5, 0.6) is 0 Å². The van der Waals surface area contributed by atoms with E-state index in [0.29, 0.717) is 26.2 Å². The van der Waals surface area contributed by atoms with Crippen LogP contribution in [0.2, 0.25) is 6.04 Å². The first-order chi connectivity index (χ1) is 11.6. The number of rotatable bonds is 17. The number of unbranched alkanes of at least 4 members (excludes halogenated alkanes) is 7. The Morgan fingerprint density at radius 1 is 0.708 bits per heavy atom. The lowest BCUT2D eigenvalue weighted by Crippen LogP contribution is -2.45. The Bertz CT molecular complexity index is 282. The number of esters is 1. The summed E-state index contributed by atoms with van der Waals surface area (Å²) in [6.45, 7) is 7.95. The first-order valence-corrected chi connectivity index (χ1v) is 11.6. The predicted octanol–water partition coefficient (Wildman–Crippen LogP) is 4.72. The fourth-order valence-electron chi connectivity index (χ4n) is 2.77. The van der Waals surface area contributed by atoms with Gasteiger partial charge in [-0.15, -0.1) is 0 Å². The smallest absolute Gasteiger partial charge is 0.469 e. The van der Waals surface area contributed by atoms with Crippen molar-refractivity contribution >= 4 is 14.8 Å². The predicted molar refractivity (Wildman–Crippen MR) is 99.0 cm³/mol. The largest absolute Gasteiger partial charge is 0.500 e. The lowest BCUT2D eigenvalue weighted by Gasteiger charge is -2.28. The third-order valence-corrected chi connectivity index (χ3v) is 7.09. The number of methoxy groups -OCH3 is 1. The quantitative estimate of drug-likeness (QED) is 0.213. The van der Waals surface area contributed by atoms with Crippen molar-refractivity contribution < 1.29 is 22.8 Å². The van der Waals surface area contributed by atoms with E-state index < -0.39 is 8.80 Å². The van der Waals surface area contributed by atoms with Gasteiger partial charge in [-0.05, 0) is 33.6 Å². The Morgan fingerprint density at radius 2 is 1.12 bits per heavy atom. The van der Waals surface area contributed by atoms with Crippen molar-refractivity contribution in [1.82, 2.24) is 0 Å². The molecule has 0 saturated carbocycles. The Labute approximate surface area is 149 Å². The molecule has 0 N–H and O–H groups in total. The summed E-state index contributed by atoms with van der Waals surface area (Å²) < 4.78 is 22.2. The summed E-state index contributed by atoms with van der Waals surface area (Å²) >= 11 is 0. The lowest BCUT2D eigenvalue weighted by molar-refractivity contribution is -0.140. The zero-order chi connectivity index (χ0) is 18.1. The first-order valence-electron chi connectivity index (χ1n) is 9.62. The van der Waals surface area contributed by atoms with E-state index in [9.17, 15) is 4.79 Å². The summed E-state index contributed by atoms with van der Waals surface area (Å²) in [5, 5.41) is 0. The van der Waals surface area contributed by atoms with E-state index in [1.54, 1.807) is 0 Å². The van der Waals surface area contributed by atoms with Gasteiger partial charge in [0.1, 0.15) is 0 Å². The average molecular weight is 363 g/mol. The van der Waals surface area contributed by atoms with Gasteiger partial charge in [0.25, 0.3) is 0 Å². The second-order valence-corrected chi connectivity index (χ2v) is 8.62. The fraction of sp³-hybridized carbons (Fsp3) is 0.944. The van der Waals surface area contributed by atoms with Crippen molar-refractivity contribution in [3.8, 4) is 0 Å². The molecule has 0 bridgehead atoms. The molecule has 0 atom stereocenters. The molecule has 0 aliphatic heterocycles. The number of hydrogen-bond acceptors (Lipinski definition) is 5. The molecule has 0 aliphatic carbocycles. The third-order valence-electron chi connectivity index (χ3n) is 3.93. The number of carbonyl (C=O) groups excluding carboxylic acids is 1. The molecule has 0 aromatic rings. The molecular weight excluding hydrogens is 324 g/mol. The van der Waals surface area contributed by atoms with Crippen molar-refractivity contribution in [1.29, 1.82) is 0 Å². The van der Waals surface area contributed by atoms with Crippen LogP contribution in [0, 0.1) is 0 Å². The van der Waals surface area contributed by atoms with Gasteiger partial charge in [0.2, 0.25) is 0 Å². The number of carbonyl (C=O) groups is 1. The summed E-state index contributed by atoms with van der Waals surface area (Å²) in [7, 11) is -0.993. The molecule has 6 heteroatoms. The van der Waals surface area contributed by atoms with E-state index in [2.05, 4.69) is 4.74 Å². The van der Waals surface area contributed by atoms with Crippen LogP contribution >= 0.6 is 0 Å². The molecule has 0 rings (SSSR count). The van der Waals surface area contributed by atoms with Crippen LogP contribution in [-0.2, 0) is 22.8 Å². The molecule has 0 unspecified atom stereocenters. The van der Waals surface area contributed by atoms with Crippen molar-refractivity contribution in [2.75, 3.05) is 26.9 Å². The minimum absolute atomic E-state index is 0.0967. The van der Waals surface area contributed by atoms with Crippen LogP contribution in [0.25, 0.3) is 0 Å². The van der Waals surface area contributed by atoms with Crippen molar-refractivity contribution in [2.24, 2.45) is 0 Å². The summed E-state index contributed by atoms with van der Waals surface area (Å²) in [4.78, 5) is 11.0. The van der Waals surface area contributed by atoms with Gasteiger partial charge in [-0.3, -0.25) is 4.79 Å². The van der Waals surface area contributed by atoms with Gasteiger partial charge in [0, 0.05) is 32.3 Å². The molecule has 0 amide bonds. The topological polar surface area (TPSA) is 54.0 Å². The Morgan fingerprint density at radius 3 is 1.54 bits per heavy atom. The van der Waals surface area contributed by atoms with Crippen molar-refractivity contribution in [3.63, 3.8) is 0 Å². The van der Waals surface area contributed by atoms with Gasteiger partial charge in [-0.2, -0.15) is 0 Å². The van der Waals surface area contributed by atoms with Crippen LogP contribution in [0.15, 0.2) is 0 Å². The van der Waals surface area contributed by atoms with E-state index in [0.717, 1.165) is 25.3 Å². The zero-order valence-electron chi connectivity index (χ0n) is 16.2. The van der Waals surface area contributed by atoms with Crippen LogP contribution in [0.3, 0.4) is 0 Å². The highest BCUT2D eigenvalue weighted by atomic mass is 28.4. The maximum absolute atomic E-state index is 11.0. The highest BCUT2D eigenvalue weighted by molar-refractivity contribution is 6.60. The van der Waals surface area contributed by atoms with E-state index in [1.165, 1.54) is 39.2 Å². The molecule has 0 radical (unpaired) electrons. The summed E-state index contributed by atoms with van der Waals surface area (Å²) in [5.41, 5.74) is 0. The standard InChI is InChI=1S/C18H38O5Si/c1-5-21-24(22-6-2,23-7-3)17-15-13-11-9-8-10-12-14-16-18(19)20-4/h5-17H2,1-4H3. The van der Waals surface area contributed by atoms with Crippen LogP contribution < -0.4 is 0 Å². The average Bonchev–Trinajstić information content (AvgIpc) is 2.57. The molecule has 0 aliphatic rings. The van der Waals surface area contributed by atoms with E-state index in [4.69, 9.17) is 13.3 Å². The minimum Gasteiger partial charge on any atom is -0.469 e. The Kier molecular flexibility index (Phi) is 15.8. The normalized spacial score (nSPS) is 11.7. The van der Waals surface area contributed by atoms with Gasteiger partial charge in [0.05, 0.1) is 7.11 Å². The third kappa shape index (κ3) is 12.0. The van der Waals surface area contributed by atoms with Gasteiger partial charge in [-0.1, -0.05) is 38.5 Å². The molecule has 0 fully saturated rings. The summed E-state index contributed by atoms with van der Waals surface area (Å²) in [6, 6.07) is 0.918. The molecule has 144 valence electrons. The minimum atomic E-state index is -2.44. The van der Waals surface area contributed by atoms with Crippen LogP contribution in [0.4, 0.5) is 0 Å². The molecule has 5 nitrogen and oxygen atoms in total. The van der Waals surface area contributed by atoms with Crippen molar-refractivity contribution in [3.05, 3.63) is 0 Å². The zero-order valence-corrected chi connectivity index (χ0v) is 17.2. The second-order valence-electron chi connectivity index (χ2n) is 5.89. The molecule has 0 aromatic carbocycles. The summed E-state index contributed by atoms with van der Waals surface area (Å²) in [6.07, 6.45) is 9.85. The van der Waals surface area contributed by atoms with E-state index in [1.807, 2.05) is 20.8 Å².